The number of rotatable bonds is 5. The topological polar surface area (TPSA) is 21.3 Å². The van der Waals surface area contributed by atoms with Gasteiger partial charge < -0.3 is 10.1 Å². The van der Waals surface area contributed by atoms with Crippen molar-refractivity contribution >= 4 is 0 Å². The van der Waals surface area contributed by atoms with Gasteiger partial charge in [0, 0.05) is 11.6 Å². The zero-order chi connectivity index (χ0) is 13.7. The summed E-state index contributed by atoms with van der Waals surface area (Å²) in [7, 11) is 1.74. The Hall–Kier alpha value is -1.28. The third-order valence-electron chi connectivity index (χ3n) is 3.94. The molecule has 19 heavy (non-hydrogen) atoms. The molecule has 0 fully saturated rings. The zero-order valence-corrected chi connectivity index (χ0v) is 12.3. The van der Waals surface area contributed by atoms with Gasteiger partial charge in [0.1, 0.15) is 5.75 Å². The number of aryl methyl sites for hydroxylation is 1. The Bertz CT molecular complexity index is 439. The van der Waals surface area contributed by atoms with Crippen LogP contribution in [0.4, 0.5) is 0 Å². The molecule has 0 unspecified atom stereocenters. The average molecular weight is 259 g/mol. The van der Waals surface area contributed by atoms with Crippen molar-refractivity contribution in [1.82, 2.24) is 5.32 Å². The minimum absolute atomic E-state index is 0.334. The number of hydrogen-bond donors (Lipinski definition) is 1. The van der Waals surface area contributed by atoms with E-state index in [1.165, 1.54) is 30.4 Å². The lowest BCUT2D eigenvalue weighted by Gasteiger charge is -2.23. The SMILES string of the molecule is COc1ccc(C)cc1[C@@H](C)NC[C@H]1CC=CCC1. The largest absolute Gasteiger partial charge is 0.496 e. The highest BCUT2D eigenvalue weighted by atomic mass is 16.5. The molecule has 0 amide bonds. The third kappa shape index (κ3) is 3.84. The summed E-state index contributed by atoms with van der Waals surface area (Å²) in [5.41, 5.74) is 2.54. The summed E-state index contributed by atoms with van der Waals surface area (Å²) in [6.07, 6.45) is 8.36. The van der Waals surface area contributed by atoms with E-state index in [-0.39, 0.29) is 0 Å². The Morgan fingerprint density at radius 3 is 2.89 bits per heavy atom. The van der Waals surface area contributed by atoms with Crippen molar-refractivity contribution in [3.05, 3.63) is 41.5 Å². The minimum Gasteiger partial charge on any atom is -0.496 e. The molecule has 0 heterocycles. The maximum atomic E-state index is 5.46. The van der Waals surface area contributed by atoms with Crippen LogP contribution in [0.3, 0.4) is 0 Å². The van der Waals surface area contributed by atoms with Gasteiger partial charge in [-0.25, -0.2) is 0 Å². The monoisotopic (exact) mass is 259 g/mol. The van der Waals surface area contributed by atoms with Gasteiger partial charge in [-0.15, -0.1) is 0 Å². The van der Waals surface area contributed by atoms with Gasteiger partial charge in [-0.3, -0.25) is 0 Å². The maximum Gasteiger partial charge on any atom is 0.123 e. The lowest BCUT2D eigenvalue weighted by molar-refractivity contribution is 0.387. The predicted molar refractivity (Wildman–Crippen MR) is 80.6 cm³/mol. The summed E-state index contributed by atoms with van der Waals surface area (Å²) in [5.74, 6) is 1.76. The molecular formula is C17H25NO. The van der Waals surface area contributed by atoms with Crippen LogP contribution < -0.4 is 10.1 Å². The average Bonchev–Trinajstić information content (AvgIpc) is 2.46. The highest BCUT2D eigenvalue weighted by molar-refractivity contribution is 5.38. The Balaban J connectivity index is 1.96. The number of nitrogens with one attached hydrogen (secondary N) is 1. The van der Waals surface area contributed by atoms with Crippen LogP contribution in [0.5, 0.6) is 5.75 Å². The van der Waals surface area contributed by atoms with Gasteiger partial charge in [-0.05, 0) is 51.6 Å². The first kappa shape index (κ1) is 14.1. The van der Waals surface area contributed by atoms with Crippen molar-refractivity contribution in [2.24, 2.45) is 5.92 Å². The zero-order valence-electron chi connectivity index (χ0n) is 12.3. The lowest BCUT2D eigenvalue weighted by Crippen LogP contribution is -2.26. The van der Waals surface area contributed by atoms with Gasteiger partial charge in [0.05, 0.1) is 7.11 Å². The second kappa shape index (κ2) is 6.76. The van der Waals surface area contributed by atoms with Gasteiger partial charge in [-0.2, -0.15) is 0 Å². The first-order valence-electron chi connectivity index (χ1n) is 7.23. The maximum absolute atomic E-state index is 5.46. The van der Waals surface area contributed by atoms with Gasteiger partial charge in [0.15, 0.2) is 0 Å². The molecule has 104 valence electrons. The van der Waals surface area contributed by atoms with Gasteiger partial charge in [0.25, 0.3) is 0 Å². The fraction of sp³-hybridized carbons (Fsp3) is 0.529. The highest BCUT2D eigenvalue weighted by Gasteiger charge is 2.14. The van der Waals surface area contributed by atoms with Crippen LogP contribution in [0, 0.1) is 12.8 Å². The van der Waals surface area contributed by atoms with E-state index in [0.717, 1.165) is 18.2 Å². The van der Waals surface area contributed by atoms with E-state index in [1.54, 1.807) is 7.11 Å². The van der Waals surface area contributed by atoms with Crippen LogP contribution in [0.15, 0.2) is 30.4 Å². The molecule has 0 bridgehead atoms. The molecule has 1 aliphatic carbocycles. The van der Waals surface area contributed by atoms with Crippen molar-refractivity contribution in [1.29, 1.82) is 0 Å². The molecule has 1 N–H and O–H groups in total. The molecule has 0 saturated heterocycles. The standard InChI is InChI=1S/C17H25NO/c1-13-9-10-17(19-3)16(11-13)14(2)18-12-15-7-5-4-6-8-15/h4-5,9-11,14-15,18H,6-8,12H2,1-3H3/t14-,15+/m1/s1. The van der Waals surface area contributed by atoms with Gasteiger partial charge in [-0.1, -0.05) is 29.8 Å². The van der Waals surface area contributed by atoms with Gasteiger partial charge in [0.2, 0.25) is 0 Å². The first-order valence-corrected chi connectivity index (χ1v) is 7.23. The quantitative estimate of drug-likeness (QED) is 0.807. The van der Waals surface area contributed by atoms with Crippen molar-refractivity contribution in [3.63, 3.8) is 0 Å². The molecule has 1 aliphatic rings. The van der Waals surface area contributed by atoms with E-state index in [9.17, 15) is 0 Å². The summed E-state index contributed by atoms with van der Waals surface area (Å²) in [5, 5.41) is 3.66. The fourth-order valence-corrected chi connectivity index (χ4v) is 2.69. The number of methoxy groups -OCH3 is 1. The second-order valence-corrected chi connectivity index (χ2v) is 5.53. The van der Waals surface area contributed by atoms with Crippen molar-refractivity contribution in [2.75, 3.05) is 13.7 Å². The van der Waals surface area contributed by atoms with Crippen LogP contribution >= 0.6 is 0 Å². The predicted octanol–water partition coefficient (Wildman–Crippen LogP) is 4.01. The Morgan fingerprint density at radius 2 is 2.21 bits per heavy atom. The number of allylic oxidation sites excluding steroid dienone is 2. The molecule has 0 aliphatic heterocycles. The van der Waals surface area contributed by atoms with Crippen LogP contribution in [0.25, 0.3) is 0 Å². The van der Waals surface area contributed by atoms with Crippen molar-refractivity contribution in [2.45, 2.75) is 39.2 Å². The summed E-state index contributed by atoms with van der Waals surface area (Å²) in [6.45, 7) is 5.43. The molecule has 0 saturated carbocycles. The fourth-order valence-electron chi connectivity index (χ4n) is 2.69. The molecule has 2 atom stereocenters. The summed E-state index contributed by atoms with van der Waals surface area (Å²) in [6, 6.07) is 6.71. The lowest BCUT2D eigenvalue weighted by atomic mass is 9.94. The Morgan fingerprint density at radius 1 is 1.37 bits per heavy atom. The smallest absolute Gasteiger partial charge is 0.123 e. The highest BCUT2D eigenvalue weighted by Crippen LogP contribution is 2.26. The molecule has 2 rings (SSSR count). The first-order chi connectivity index (χ1) is 9.20. The molecule has 1 aromatic rings. The molecule has 2 nitrogen and oxygen atoms in total. The van der Waals surface area contributed by atoms with Crippen LogP contribution in [-0.2, 0) is 0 Å². The third-order valence-corrected chi connectivity index (χ3v) is 3.94. The summed E-state index contributed by atoms with van der Waals surface area (Å²) < 4.78 is 5.46. The number of benzene rings is 1. The van der Waals surface area contributed by atoms with Crippen LogP contribution in [0.1, 0.15) is 43.4 Å². The van der Waals surface area contributed by atoms with Crippen LogP contribution in [0.2, 0.25) is 0 Å². The summed E-state index contributed by atoms with van der Waals surface area (Å²) in [4.78, 5) is 0. The van der Waals surface area contributed by atoms with E-state index >= 15 is 0 Å². The van der Waals surface area contributed by atoms with E-state index < -0.39 is 0 Å². The second-order valence-electron chi connectivity index (χ2n) is 5.53. The molecule has 1 aromatic carbocycles. The molecular weight excluding hydrogens is 234 g/mol. The normalized spacial score (nSPS) is 20.3. The molecule has 2 heteroatoms. The molecule has 0 spiro atoms. The van der Waals surface area contributed by atoms with E-state index in [1.807, 2.05) is 0 Å². The van der Waals surface area contributed by atoms with E-state index in [2.05, 4.69) is 49.5 Å². The minimum atomic E-state index is 0.334. The Labute approximate surface area is 116 Å². The van der Waals surface area contributed by atoms with Crippen LogP contribution in [-0.4, -0.2) is 13.7 Å². The van der Waals surface area contributed by atoms with Gasteiger partial charge >= 0.3 is 0 Å². The van der Waals surface area contributed by atoms with E-state index in [4.69, 9.17) is 4.74 Å². The van der Waals surface area contributed by atoms with E-state index in [0.29, 0.717) is 6.04 Å². The Kier molecular flexibility index (Phi) is 5.03. The molecule has 0 aromatic heterocycles. The number of ether oxygens (including phenoxy) is 1. The van der Waals surface area contributed by atoms with Crippen molar-refractivity contribution < 1.29 is 4.74 Å². The van der Waals surface area contributed by atoms with Crippen molar-refractivity contribution in [3.8, 4) is 5.75 Å². The number of hydrogen-bond acceptors (Lipinski definition) is 2. The molecule has 0 radical (unpaired) electrons. The summed E-state index contributed by atoms with van der Waals surface area (Å²) >= 11 is 0.